The zero-order valence-electron chi connectivity index (χ0n) is 13.4. The first-order valence-corrected chi connectivity index (χ1v) is 7.81. The number of nitrogens with two attached hydrogens (primary N) is 1. The summed E-state index contributed by atoms with van der Waals surface area (Å²) in [6.07, 6.45) is -0.394. The maximum absolute atomic E-state index is 11.5. The molecule has 3 aromatic rings. The number of carbonyl (C=O) groups is 2. The highest BCUT2D eigenvalue weighted by atomic mass is 16.4. The minimum absolute atomic E-state index is 0.261. The third kappa shape index (κ3) is 3.77. The summed E-state index contributed by atoms with van der Waals surface area (Å²) in [5.74, 6) is -1.98. The lowest BCUT2D eigenvalue weighted by Crippen LogP contribution is -2.23. The van der Waals surface area contributed by atoms with Crippen molar-refractivity contribution in [2.75, 3.05) is 0 Å². The molecule has 5 nitrogen and oxygen atoms in total. The Balaban J connectivity index is 1.84. The lowest BCUT2D eigenvalue weighted by molar-refractivity contribution is -0.139. The van der Waals surface area contributed by atoms with Crippen LogP contribution in [-0.4, -0.2) is 17.0 Å². The Morgan fingerprint density at radius 3 is 2.08 bits per heavy atom. The van der Waals surface area contributed by atoms with Gasteiger partial charge in [-0.1, -0.05) is 54.6 Å². The van der Waals surface area contributed by atoms with Crippen LogP contribution in [0.5, 0.6) is 0 Å². The van der Waals surface area contributed by atoms with E-state index in [0.717, 1.165) is 16.7 Å². The number of aliphatic carboxylic acids is 1. The Morgan fingerprint density at radius 1 is 0.880 bits per heavy atom. The van der Waals surface area contributed by atoms with Crippen LogP contribution in [0, 0.1) is 0 Å². The molecule has 0 radical (unpaired) electrons. The molecule has 0 saturated heterocycles. The second-order valence-electron chi connectivity index (χ2n) is 5.70. The average Bonchev–Trinajstić information content (AvgIpc) is 3.10. The van der Waals surface area contributed by atoms with E-state index in [4.69, 9.17) is 15.3 Å². The predicted octanol–water partition coefficient (Wildman–Crippen LogP) is 3.66. The first kappa shape index (κ1) is 16.5. The Labute approximate surface area is 144 Å². The van der Waals surface area contributed by atoms with E-state index in [1.165, 1.54) is 0 Å². The Kier molecular flexibility index (Phi) is 4.66. The predicted molar refractivity (Wildman–Crippen MR) is 93.8 cm³/mol. The summed E-state index contributed by atoms with van der Waals surface area (Å²) in [6.45, 7) is 0. The number of amides is 1. The third-order valence-electron chi connectivity index (χ3n) is 3.97. The Morgan fingerprint density at radius 2 is 1.48 bits per heavy atom. The lowest BCUT2D eigenvalue weighted by Gasteiger charge is -2.07. The fourth-order valence-corrected chi connectivity index (χ4v) is 2.67. The zero-order chi connectivity index (χ0) is 17.8. The number of hydrogen-bond donors (Lipinski definition) is 2. The summed E-state index contributed by atoms with van der Waals surface area (Å²) in [4.78, 5) is 22.4. The van der Waals surface area contributed by atoms with Gasteiger partial charge in [0.05, 0.1) is 6.42 Å². The van der Waals surface area contributed by atoms with Gasteiger partial charge in [0.25, 0.3) is 0 Å². The van der Waals surface area contributed by atoms with Crippen LogP contribution in [-0.2, 0) is 9.59 Å². The molecule has 0 aliphatic carbocycles. The number of rotatable bonds is 6. The van der Waals surface area contributed by atoms with Gasteiger partial charge >= 0.3 is 5.97 Å². The van der Waals surface area contributed by atoms with Crippen LogP contribution < -0.4 is 5.73 Å². The van der Waals surface area contributed by atoms with Crippen molar-refractivity contribution in [1.82, 2.24) is 0 Å². The van der Waals surface area contributed by atoms with E-state index in [1.807, 2.05) is 54.6 Å². The lowest BCUT2D eigenvalue weighted by atomic mass is 10.0. The quantitative estimate of drug-likeness (QED) is 0.719. The van der Waals surface area contributed by atoms with E-state index < -0.39 is 24.2 Å². The molecule has 1 unspecified atom stereocenters. The van der Waals surface area contributed by atoms with Crippen LogP contribution in [0.4, 0.5) is 0 Å². The van der Waals surface area contributed by atoms with Crippen molar-refractivity contribution in [2.24, 2.45) is 5.73 Å². The van der Waals surface area contributed by atoms with Crippen LogP contribution in [0.2, 0.25) is 0 Å². The van der Waals surface area contributed by atoms with E-state index in [9.17, 15) is 9.59 Å². The standard InChI is InChI=1S/C20H17NO4/c21-20(24)16(12-19(22)23)18-11-10-17(25-18)15-8-6-14(7-9-15)13-4-2-1-3-5-13/h1-11,16H,12H2,(H2,21,24)(H,22,23). The number of primary amides is 1. The summed E-state index contributed by atoms with van der Waals surface area (Å²) >= 11 is 0. The third-order valence-corrected chi connectivity index (χ3v) is 3.97. The highest BCUT2D eigenvalue weighted by molar-refractivity contribution is 5.86. The zero-order valence-corrected chi connectivity index (χ0v) is 13.4. The molecule has 0 bridgehead atoms. The summed E-state index contributed by atoms with van der Waals surface area (Å²) in [6, 6.07) is 21.1. The van der Waals surface area contributed by atoms with E-state index in [1.54, 1.807) is 12.1 Å². The van der Waals surface area contributed by atoms with E-state index >= 15 is 0 Å². The maximum atomic E-state index is 11.5. The number of carboxylic acids is 1. The molecule has 126 valence electrons. The molecule has 0 spiro atoms. The van der Waals surface area contributed by atoms with Crippen LogP contribution in [0.15, 0.2) is 71.1 Å². The molecule has 1 atom stereocenters. The number of carboxylic acid groups (broad SMARTS) is 1. The SMILES string of the molecule is NC(=O)C(CC(=O)O)c1ccc(-c2ccc(-c3ccccc3)cc2)o1. The number of furan rings is 1. The fourth-order valence-electron chi connectivity index (χ4n) is 2.67. The van der Waals surface area contributed by atoms with Gasteiger partial charge in [-0.2, -0.15) is 0 Å². The second kappa shape index (κ2) is 7.05. The highest BCUT2D eigenvalue weighted by Crippen LogP contribution is 2.29. The van der Waals surface area contributed by atoms with Crippen LogP contribution in [0.25, 0.3) is 22.5 Å². The van der Waals surface area contributed by atoms with Crippen LogP contribution >= 0.6 is 0 Å². The van der Waals surface area contributed by atoms with Gasteiger partial charge in [0.1, 0.15) is 17.4 Å². The smallest absolute Gasteiger partial charge is 0.304 e. The fraction of sp³-hybridized carbons (Fsp3) is 0.100. The van der Waals surface area contributed by atoms with Crippen molar-refractivity contribution >= 4 is 11.9 Å². The molecule has 2 aromatic carbocycles. The average molecular weight is 335 g/mol. The molecule has 1 amide bonds. The summed E-state index contributed by atoms with van der Waals surface area (Å²) in [5.41, 5.74) is 8.32. The topological polar surface area (TPSA) is 93.5 Å². The summed E-state index contributed by atoms with van der Waals surface area (Å²) in [5, 5.41) is 8.91. The van der Waals surface area contributed by atoms with E-state index in [2.05, 4.69) is 0 Å². The van der Waals surface area contributed by atoms with Crippen molar-refractivity contribution in [3.8, 4) is 22.5 Å². The van der Waals surface area contributed by atoms with Gasteiger partial charge in [0.15, 0.2) is 0 Å². The summed E-state index contributed by atoms with van der Waals surface area (Å²) in [7, 11) is 0. The van der Waals surface area contributed by atoms with Gasteiger partial charge in [0, 0.05) is 5.56 Å². The maximum Gasteiger partial charge on any atom is 0.304 e. The molecule has 5 heteroatoms. The van der Waals surface area contributed by atoms with E-state index in [-0.39, 0.29) is 5.76 Å². The van der Waals surface area contributed by atoms with Gasteiger partial charge in [-0.25, -0.2) is 0 Å². The summed E-state index contributed by atoms with van der Waals surface area (Å²) < 4.78 is 5.68. The van der Waals surface area contributed by atoms with Crippen molar-refractivity contribution in [2.45, 2.75) is 12.3 Å². The van der Waals surface area contributed by atoms with Crippen LogP contribution in [0.3, 0.4) is 0 Å². The minimum atomic E-state index is -1.10. The van der Waals surface area contributed by atoms with Gasteiger partial charge in [0.2, 0.25) is 5.91 Å². The van der Waals surface area contributed by atoms with Crippen molar-refractivity contribution < 1.29 is 19.1 Å². The molecule has 25 heavy (non-hydrogen) atoms. The molecule has 0 fully saturated rings. The van der Waals surface area contributed by atoms with Crippen molar-refractivity contribution in [3.63, 3.8) is 0 Å². The molecule has 3 N–H and O–H groups in total. The largest absolute Gasteiger partial charge is 0.481 e. The normalized spacial score (nSPS) is 11.8. The highest BCUT2D eigenvalue weighted by Gasteiger charge is 2.24. The molecule has 0 saturated carbocycles. The van der Waals surface area contributed by atoms with Crippen molar-refractivity contribution in [1.29, 1.82) is 0 Å². The first-order valence-electron chi connectivity index (χ1n) is 7.81. The minimum Gasteiger partial charge on any atom is -0.481 e. The van der Waals surface area contributed by atoms with Gasteiger partial charge in [-0.15, -0.1) is 0 Å². The molecular formula is C20H17NO4. The molecule has 0 aliphatic heterocycles. The molecule has 1 aromatic heterocycles. The number of hydrogen-bond acceptors (Lipinski definition) is 3. The second-order valence-corrected chi connectivity index (χ2v) is 5.70. The van der Waals surface area contributed by atoms with Gasteiger partial charge in [-0.3, -0.25) is 9.59 Å². The van der Waals surface area contributed by atoms with Crippen LogP contribution in [0.1, 0.15) is 18.1 Å². The van der Waals surface area contributed by atoms with Crippen molar-refractivity contribution in [3.05, 3.63) is 72.5 Å². The Bertz CT molecular complexity index is 882. The monoisotopic (exact) mass is 335 g/mol. The molecule has 3 rings (SSSR count). The van der Waals surface area contributed by atoms with Gasteiger partial charge < -0.3 is 15.3 Å². The first-order chi connectivity index (χ1) is 12.0. The molecule has 1 heterocycles. The Hall–Kier alpha value is -3.34. The number of carbonyl (C=O) groups excluding carboxylic acids is 1. The molecular weight excluding hydrogens is 318 g/mol. The number of benzene rings is 2. The van der Waals surface area contributed by atoms with Gasteiger partial charge in [-0.05, 0) is 23.3 Å². The molecule has 0 aliphatic rings. The van der Waals surface area contributed by atoms with E-state index in [0.29, 0.717) is 5.76 Å².